The monoisotopic (exact) mass is 319 g/mol. The van der Waals surface area contributed by atoms with Gasteiger partial charge in [-0.3, -0.25) is 9.59 Å². The number of carbonyl (C=O) groups is 2. The molecular formula is C14H17N5O2S. The first kappa shape index (κ1) is 14.7. The van der Waals surface area contributed by atoms with Crippen molar-refractivity contribution in [2.45, 2.75) is 19.4 Å². The van der Waals surface area contributed by atoms with E-state index in [0.717, 1.165) is 17.7 Å². The lowest BCUT2D eigenvalue weighted by Gasteiger charge is -2.31. The zero-order chi connectivity index (χ0) is 15.4. The first-order valence-corrected chi connectivity index (χ1v) is 8.07. The van der Waals surface area contributed by atoms with E-state index >= 15 is 0 Å². The summed E-state index contributed by atoms with van der Waals surface area (Å²) in [4.78, 5) is 27.1. The van der Waals surface area contributed by atoms with Gasteiger partial charge in [0.2, 0.25) is 5.91 Å². The Labute approximate surface area is 131 Å². The van der Waals surface area contributed by atoms with Crippen LogP contribution in [0.4, 0.5) is 0 Å². The molecule has 0 aliphatic carbocycles. The second-order valence-electron chi connectivity index (χ2n) is 5.25. The Morgan fingerprint density at radius 2 is 2.41 bits per heavy atom. The van der Waals surface area contributed by atoms with Crippen molar-refractivity contribution in [2.24, 2.45) is 5.92 Å². The number of aromatic nitrogens is 3. The quantitative estimate of drug-likeness (QED) is 0.881. The Balaban J connectivity index is 1.55. The summed E-state index contributed by atoms with van der Waals surface area (Å²) < 4.78 is 0. The molecule has 116 valence electrons. The summed E-state index contributed by atoms with van der Waals surface area (Å²) in [5, 5.41) is 14.8. The third kappa shape index (κ3) is 3.33. The standard InChI is InChI=1S/C14H17N5O2S/c20-13(15-7-11-8-16-18-17-11)10-3-1-5-19(9-10)14(21)12-4-2-6-22-12/h2,4,6,8,10H,1,3,5,7,9H2,(H,15,20)(H,16,17,18)/t10-/m0/s1. The van der Waals surface area contributed by atoms with Crippen LogP contribution >= 0.6 is 11.3 Å². The van der Waals surface area contributed by atoms with Gasteiger partial charge in [0, 0.05) is 13.1 Å². The van der Waals surface area contributed by atoms with E-state index in [0.29, 0.717) is 25.3 Å². The number of piperidine rings is 1. The van der Waals surface area contributed by atoms with E-state index in [1.807, 2.05) is 17.5 Å². The largest absolute Gasteiger partial charge is 0.350 e. The number of likely N-dealkylation sites (tertiary alicyclic amines) is 1. The Morgan fingerprint density at radius 1 is 1.50 bits per heavy atom. The van der Waals surface area contributed by atoms with Gasteiger partial charge in [-0.2, -0.15) is 15.4 Å². The molecule has 7 nitrogen and oxygen atoms in total. The highest BCUT2D eigenvalue weighted by molar-refractivity contribution is 7.12. The molecule has 1 saturated heterocycles. The number of nitrogens with one attached hydrogen (secondary N) is 2. The van der Waals surface area contributed by atoms with E-state index in [2.05, 4.69) is 20.7 Å². The fraction of sp³-hybridized carbons (Fsp3) is 0.429. The SMILES string of the molecule is O=C(NCc1cn[nH]n1)[C@H]1CCCN(C(=O)c2cccs2)C1. The average Bonchev–Trinajstić information content (AvgIpc) is 3.25. The maximum atomic E-state index is 12.4. The van der Waals surface area contributed by atoms with Crippen LogP contribution in [0.5, 0.6) is 0 Å². The topological polar surface area (TPSA) is 91.0 Å². The number of aromatic amines is 1. The minimum atomic E-state index is -0.162. The van der Waals surface area contributed by atoms with Gasteiger partial charge in [-0.1, -0.05) is 6.07 Å². The van der Waals surface area contributed by atoms with Crippen LogP contribution in [0, 0.1) is 5.92 Å². The van der Waals surface area contributed by atoms with Crippen molar-refractivity contribution in [1.29, 1.82) is 0 Å². The van der Waals surface area contributed by atoms with Gasteiger partial charge in [0.25, 0.3) is 5.91 Å². The van der Waals surface area contributed by atoms with Crippen LogP contribution in [-0.4, -0.2) is 45.2 Å². The van der Waals surface area contributed by atoms with Crippen LogP contribution in [0.2, 0.25) is 0 Å². The fourth-order valence-corrected chi connectivity index (χ4v) is 3.26. The molecule has 2 aromatic heterocycles. The normalized spacial score (nSPS) is 18.2. The molecule has 0 aromatic carbocycles. The predicted molar refractivity (Wildman–Crippen MR) is 81.2 cm³/mol. The number of thiophene rings is 1. The van der Waals surface area contributed by atoms with Gasteiger partial charge >= 0.3 is 0 Å². The Kier molecular flexibility index (Phi) is 4.47. The van der Waals surface area contributed by atoms with Crippen molar-refractivity contribution in [2.75, 3.05) is 13.1 Å². The second kappa shape index (κ2) is 6.69. The smallest absolute Gasteiger partial charge is 0.263 e. The van der Waals surface area contributed by atoms with Gasteiger partial charge in [-0.05, 0) is 24.3 Å². The van der Waals surface area contributed by atoms with E-state index < -0.39 is 0 Å². The van der Waals surface area contributed by atoms with Crippen LogP contribution in [-0.2, 0) is 11.3 Å². The van der Waals surface area contributed by atoms with Crippen molar-refractivity contribution < 1.29 is 9.59 Å². The molecule has 22 heavy (non-hydrogen) atoms. The summed E-state index contributed by atoms with van der Waals surface area (Å²) in [6.07, 6.45) is 3.23. The van der Waals surface area contributed by atoms with Crippen molar-refractivity contribution in [3.8, 4) is 0 Å². The second-order valence-corrected chi connectivity index (χ2v) is 6.19. The molecule has 3 rings (SSSR count). The van der Waals surface area contributed by atoms with Crippen molar-refractivity contribution >= 4 is 23.2 Å². The minimum absolute atomic E-state index is 0.0176. The van der Waals surface area contributed by atoms with Crippen LogP contribution in [0.15, 0.2) is 23.7 Å². The molecule has 1 fully saturated rings. The molecule has 0 saturated carbocycles. The van der Waals surface area contributed by atoms with Crippen LogP contribution in [0.3, 0.4) is 0 Å². The Morgan fingerprint density at radius 3 is 3.14 bits per heavy atom. The summed E-state index contributed by atoms with van der Waals surface area (Å²) in [5.41, 5.74) is 0.690. The van der Waals surface area contributed by atoms with Crippen molar-refractivity contribution in [3.63, 3.8) is 0 Å². The van der Waals surface area contributed by atoms with Crippen LogP contribution in [0.25, 0.3) is 0 Å². The molecule has 1 aliphatic rings. The number of hydrogen-bond acceptors (Lipinski definition) is 5. The molecule has 0 bridgehead atoms. The maximum absolute atomic E-state index is 12.4. The summed E-state index contributed by atoms with van der Waals surface area (Å²) in [7, 11) is 0. The molecule has 0 unspecified atom stereocenters. The fourth-order valence-electron chi connectivity index (χ4n) is 2.56. The van der Waals surface area contributed by atoms with Gasteiger partial charge < -0.3 is 10.2 Å². The molecule has 1 atom stereocenters. The number of hydrogen-bond donors (Lipinski definition) is 2. The zero-order valence-electron chi connectivity index (χ0n) is 12.0. The molecule has 2 N–H and O–H groups in total. The first-order valence-electron chi connectivity index (χ1n) is 7.19. The highest BCUT2D eigenvalue weighted by Crippen LogP contribution is 2.20. The number of rotatable bonds is 4. The average molecular weight is 319 g/mol. The summed E-state index contributed by atoms with van der Waals surface area (Å²) in [5.74, 6) is -0.180. The molecule has 8 heteroatoms. The molecule has 1 aliphatic heterocycles. The number of nitrogens with zero attached hydrogens (tertiary/aromatic N) is 3. The van der Waals surface area contributed by atoms with Crippen LogP contribution in [0.1, 0.15) is 28.2 Å². The Bertz CT molecular complexity index is 626. The number of amides is 2. The lowest BCUT2D eigenvalue weighted by atomic mass is 9.97. The van der Waals surface area contributed by atoms with E-state index in [-0.39, 0.29) is 17.7 Å². The molecular weight excluding hydrogens is 302 g/mol. The summed E-state index contributed by atoms with van der Waals surface area (Å²) in [6.45, 7) is 1.54. The van der Waals surface area contributed by atoms with E-state index in [9.17, 15) is 9.59 Å². The number of H-pyrrole nitrogens is 1. The Hall–Kier alpha value is -2.22. The van der Waals surface area contributed by atoms with Gasteiger partial charge in [-0.15, -0.1) is 11.3 Å². The third-order valence-electron chi connectivity index (χ3n) is 3.72. The van der Waals surface area contributed by atoms with E-state index in [1.54, 1.807) is 11.1 Å². The van der Waals surface area contributed by atoms with Gasteiger partial charge in [0.15, 0.2) is 0 Å². The highest BCUT2D eigenvalue weighted by atomic mass is 32.1. The molecule has 0 radical (unpaired) electrons. The first-order chi connectivity index (χ1) is 10.7. The minimum Gasteiger partial charge on any atom is -0.350 e. The van der Waals surface area contributed by atoms with Gasteiger partial charge in [-0.25, -0.2) is 0 Å². The molecule has 2 aromatic rings. The van der Waals surface area contributed by atoms with E-state index in [1.165, 1.54) is 11.3 Å². The third-order valence-corrected chi connectivity index (χ3v) is 4.58. The highest BCUT2D eigenvalue weighted by Gasteiger charge is 2.29. The summed E-state index contributed by atoms with van der Waals surface area (Å²) >= 11 is 1.43. The van der Waals surface area contributed by atoms with Gasteiger partial charge in [0.05, 0.1) is 23.5 Å². The van der Waals surface area contributed by atoms with Crippen molar-refractivity contribution in [1.82, 2.24) is 25.6 Å². The molecule has 2 amide bonds. The zero-order valence-corrected chi connectivity index (χ0v) is 12.8. The molecule has 0 spiro atoms. The van der Waals surface area contributed by atoms with Crippen LogP contribution < -0.4 is 5.32 Å². The lowest BCUT2D eigenvalue weighted by Crippen LogP contribution is -2.45. The predicted octanol–water partition coefficient (Wildman–Crippen LogP) is 1.03. The van der Waals surface area contributed by atoms with Crippen molar-refractivity contribution in [3.05, 3.63) is 34.3 Å². The lowest BCUT2D eigenvalue weighted by molar-refractivity contribution is -0.126. The maximum Gasteiger partial charge on any atom is 0.263 e. The molecule has 3 heterocycles. The van der Waals surface area contributed by atoms with Gasteiger partial charge in [0.1, 0.15) is 5.69 Å². The van der Waals surface area contributed by atoms with E-state index in [4.69, 9.17) is 0 Å². The number of carbonyl (C=O) groups excluding carboxylic acids is 2. The summed E-state index contributed by atoms with van der Waals surface area (Å²) in [6, 6.07) is 3.69.